The van der Waals surface area contributed by atoms with Gasteiger partial charge in [0.2, 0.25) is 10.0 Å². The Labute approximate surface area is 351 Å². The minimum atomic E-state index is -3.72. The first kappa shape index (κ1) is 43.5. The lowest BCUT2D eigenvalue weighted by atomic mass is 9.86. The number of benzene rings is 4. The molecule has 4 aromatic carbocycles. The van der Waals surface area contributed by atoms with Crippen molar-refractivity contribution in [1.29, 1.82) is 0 Å². The molecular formula is C44H54N8O7S. The summed E-state index contributed by atoms with van der Waals surface area (Å²) in [5.41, 5.74) is 8.35. The van der Waals surface area contributed by atoms with Gasteiger partial charge in [-0.2, -0.15) is 0 Å². The molecule has 318 valence electrons. The summed E-state index contributed by atoms with van der Waals surface area (Å²) in [5, 5.41) is 7.61. The molecule has 0 saturated carbocycles. The van der Waals surface area contributed by atoms with Gasteiger partial charge in [0.15, 0.2) is 5.75 Å². The second kappa shape index (κ2) is 18.4. The highest BCUT2D eigenvalue weighted by molar-refractivity contribution is 7.92. The van der Waals surface area contributed by atoms with Gasteiger partial charge in [-0.05, 0) is 80.0 Å². The number of carbonyl (C=O) groups is 2. The van der Waals surface area contributed by atoms with Crippen LogP contribution in [0.15, 0.2) is 85.1 Å². The highest BCUT2D eigenvalue weighted by atomic mass is 32.2. The minimum Gasteiger partial charge on any atom is -0.496 e. The molecule has 1 fully saturated rings. The molecule has 60 heavy (non-hydrogen) atoms. The van der Waals surface area contributed by atoms with Crippen molar-refractivity contribution in [2.45, 2.75) is 32.6 Å². The molecule has 5 N–H and O–H groups in total. The summed E-state index contributed by atoms with van der Waals surface area (Å²) in [6.45, 7) is 11.4. The van der Waals surface area contributed by atoms with Crippen LogP contribution in [0.5, 0.6) is 23.0 Å². The molecular weight excluding hydrogens is 785 g/mol. The van der Waals surface area contributed by atoms with Crippen LogP contribution in [0.1, 0.15) is 43.1 Å². The Morgan fingerprint density at radius 1 is 0.883 bits per heavy atom. The quantitative estimate of drug-likeness (QED) is 0.0901. The summed E-state index contributed by atoms with van der Waals surface area (Å²) in [6.07, 6.45) is 3.77. The number of urea groups is 1. The number of hydrogen-bond donors (Lipinski definition) is 4. The minimum absolute atomic E-state index is 0.121. The molecule has 1 aromatic heterocycles. The van der Waals surface area contributed by atoms with E-state index in [0.29, 0.717) is 57.3 Å². The number of amides is 3. The summed E-state index contributed by atoms with van der Waals surface area (Å²) in [4.78, 5) is 37.1. The molecule has 1 aliphatic heterocycles. The van der Waals surface area contributed by atoms with Crippen molar-refractivity contribution >= 4 is 61.3 Å². The van der Waals surface area contributed by atoms with Gasteiger partial charge < -0.3 is 40.4 Å². The molecule has 0 unspecified atom stereocenters. The average Bonchev–Trinajstić information content (AvgIpc) is 3.41. The van der Waals surface area contributed by atoms with E-state index in [1.54, 1.807) is 60.8 Å². The number of methoxy groups -OCH3 is 2. The zero-order chi connectivity index (χ0) is 43.2. The summed E-state index contributed by atoms with van der Waals surface area (Å²) in [6, 6.07) is 22.2. The number of fused-ring (bicyclic) bond motifs is 1. The van der Waals surface area contributed by atoms with Gasteiger partial charge in [0.05, 0.1) is 43.1 Å². The van der Waals surface area contributed by atoms with Crippen molar-refractivity contribution in [2.24, 2.45) is 5.73 Å². The lowest BCUT2D eigenvalue weighted by molar-refractivity contribution is 0.0945. The van der Waals surface area contributed by atoms with Gasteiger partial charge in [-0.3, -0.25) is 14.4 Å². The molecule has 15 nitrogen and oxygen atoms in total. The van der Waals surface area contributed by atoms with Gasteiger partial charge in [0.25, 0.3) is 5.91 Å². The number of anilines is 5. The molecule has 16 heteroatoms. The molecule has 0 aliphatic carbocycles. The van der Waals surface area contributed by atoms with Crippen LogP contribution in [0.25, 0.3) is 10.8 Å². The number of nitrogens with zero attached hydrogens (tertiary/aromatic N) is 4. The van der Waals surface area contributed by atoms with E-state index >= 15 is 0 Å². The molecule has 5 aromatic rings. The van der Waals surface area contributed by atoms with Crippen molar-refractivity contribution in [3.05, 3.63) is 96.2 Å². The normalized spacial score (nSPS) is 13.9. The van der Waals surface area contributed by atoms with Crippen LogP contribution in [-0.2, 0) is 15.4 Å². The monoisotopic (exact) mass is 838 g/mol. The van der Waals surface area contributed by atoms with Gasteiger partial charge >= 0.3 is 6.03 Å². The maximum atomic E-state index is 13.4. The van der Waals surface area contributed by atoms with E-state index in [4.69, 9.17) is 19.9 Å². The molecule has 0 spiro atoms. The molecule has 1 aliphatic rings. The predicted molar refractivity (Wildman–Crippen MR) is 237 cm³/mol. The number of nitrogens with one attached hydrogen (secondary N) is 3. The number of primary amides is 1. The fourth-order valence-electron chi connectivity index (χ4n) is 7.13. The van der Waals surface area contributed by atoms with Crippen LogP contribution < -0.4 is 40.2 Å². The zero-order valence-electron chi connectivity index (χ0n) is 35.2. The number of rotatable bonds is 14. The topological polar surface area (TPSA) is 181 Å². The van der Waals surface area contributed by atoms with E-state index < -0.39 is 21.5 Å². The molecule has 0 atom stereocenters. The summed E-state index contributed by atoms with van der Waals surface area (Å²) in [7, 11) is 1.35. The van der Waals surface area contributed by atoms with Crippen LogP contribution in [-0.4, -0.2) is 102 Å². The molecule has 0 bridgehead atoms. The number of nitrogens with two attached hydrogens (primary N) is 1. The standard InChI is InChI=1S/C44H54N8O7S/c1-44(2,3)29-25-35(49-60(7,55)56)41(58-6)37(26-29)52(43(45)54)36-15-16-38(33-12-9-8-11-32(33)36)59-31-17-18-46-40(28-31)48-30-13-14-34(39(27-30)57-5)42(53)47-19-22-51-21-10-20-50(4)23-24-51/h8-9,11-18,25-28,49H,10,19-24H2,1-7H3,(H2,45,54)(H,46,48)(H,47,53). The fraction of sp³-hybridized carbons (Fsp3) is 0.341. The lowest BCUT2D eigenvalue weighted by Gasteiger charge is -2.29. The Morgan fingerprint density at radius 3 is 2.35 bits per heavy atom. The van der Waals surface area contributed by atoms with Crippen molar-refractivity contribution in [1.82, 2.24) is 20.1 Å². The largest absolute Gasteiger partial charge is 0.496 e. The summed E-state index contributed by atoms with van der Waals surface area (Å²) in [5.74, 6) is 1.79. The zero-order valence-corrected chi connectivity index (χ0v) is 36.0. The first-order chi connectivity index (χ1) is 28.5. The van der Waals surface area contributed by atoms with Gasteiger partial charge in [0, 0.05) is 61.0 Å². The molecule has 0 radical (unpaired) electrons. The Morgan fingerprint density at radius 2 is 1.65 bits per heavy atom. The molecule has 6 rings (SSSR count). The number of sulfonamides is 1. The van der Waals surface area contributed by atoms with E-state index in [9.17, 15) is 18.0 Å². The van der Waals surface area contributed by atoms with Gasteiger partial charge in [-0.25, -0.2) is 18.2 Å². The average molecular weight is 839 g/mol. The third-order valence-electron chi connectivity index (χ3n) is 10.2. The number of ether oxygens (including phenoxy) is 3. The third-order valence-corrected chi connectivity index (χ3v) is 10.8. The predicted octanol–water partition coefficient (Wildman–Crippen LogP) is 7.04. The van der Waals surface area contributed by atoms with Gasteiger partial charge in [0.1, 0.15) is 23.1 Å². The third kappa shape index (κ3) is 10.5. The molecule has 1 saturated heterocycles. The molecule has 2 heterocycles. The number of aromatic nitrogens is 1. The van der Waals surface area contributed by atoms with E-state index in [-0.39, 0.29) is 23.0 Å². The Bertz CT molecular complexity index is 2470. The second-order valence-corrected chi connectivity index (χ2v) is 17.5. The SMILES string of the molecule is COc1cc(Nc2cc(Oc3ccc(N(C(N)=O)c4cc(C(C)(C)C)cc(NS(C)(=O)=O)c4OC)c4ccccc34)ccn2)ccc1C(=O)NCCN1CCCN(C)CC1. The Hall–Kier alpha value is -6.10. The van der Waals surface area contributed by atoms with Gasteiger partial charge in [-0.1, -0.05) is 45.0 Å². The summed E-state index contributed by atoms with van der Waals surface area (Å²) >= 11 is 0. The highest BCUT2D eigenvalue weighted by Gasteiger charge is 2.28. The number of pyridine rings is 1. The van der Waals surface area contributed by atoms with Crippen LogP contribution in [0, 0.1) is 0 Å². The smallest absolute Gasteiger partial charge is 0.324 e. The lowest BCUT2D eigenvalue weighted by Crippen LogP contribution is -2.37. The fourth-order valence-corrected chi connectivity index (χ4v) is 7.68. The molecule has 3 amide bonds. The van der Waals surface area contributed by atoms with Crippen LogP contribution in [0.3, 0.4) is 0 Å². The maximum absolute atomic E-state index is 13.4. The Kier molecular flexibility index (Phi) is 13.4. The first-order valence-corrected chi connectivity index (χ1v) is 21.5. The van der Waals surface area contributed by atoms with Crippen molar-refractivity contribution in [3.8, 4) is 23.0 Å². The number of likely N-dealkylation sites (N-methyl/N-ethyl adjacent to an activating group) is 1. The van der Waals surface area contributed by atoms with Crippen LogP contribution in [0.2, 0.25) is 0 Å². The van der Waals surface area contributed by atoms with E-state index in [1.807, 2.05) is 45.0 Å². The Balaban J connectivity index is 1.24. The maximum Gasteiger partial charge on any atom is 0.324 e. The summed E-state index contributed by atoms with van der Waals surface area (Å²) < 4.78 is 45.2. The van der Waals surface area contributed by atoms with E-state index in [2.05, 4.69) is 37.2 Å². The van der Waals surface area contributed by atoms with Crippen LogP contribution >= 0.6 is 0 Å². The first-order valence-electron chi connectivity index (χ1n) is 19.6. The van der Waals surface area contributed by atoms with Crippen molar-refractivity contribution < 1.29 is 32.2 Å². The van der Waals surface area contributed by atoms with Gasteiger partial charge in [-0.15, -0.1) is 0 Å². The van der Waals surface area contributed by atoms with Crippen molar-refractivity contribution in [3.63, 3.8) is 0 Å². The van der Waals surface area contributed by atoms with Crippen LogP contribution in [0.4, 0.5) is 33.4 Å². The number of hydrogen-bond acceptors (Lipinski definition) is 11. The van der Waals surface area contributed by atoms with E-state index in [0.717, 1.165) is 51.0 Å². The number of carbonyl (C=O) groups excluding carboxylic acids is 2. The van der Waals surface area contributed by atoms with E-state index in [1.165, 1.54) is 19.1 Å². The second-order valence-electron chi connectivity index (χ2n) is 15.8. The van der Waals surface area contributed by atoms with Crippen molar-refractivity contribution in [2.75, 3.05) is 81.7 Å². The highest BCUT2D eigenvalue weighted by Crippen LogP contribution is 2.46.